The first-order valence-electron chi connectivity index (χ1n) is 7.35. The zero-order chi connectivity index (χ0) is 14.8. The van der Waals surface area contributed by atoms with Crippen LogP contribution in [0.25, 0.3) is 0 Å². The van der Waals surface area contributed by atoms with Crippen molar-refractivity contribution in [3.63, 3.8) is 0 Å². The Kier molecular flexibility index (Phi) is 4.52. The lowest BCUT2D eigenvalue weighted by Crippen LogP contribution is -2.58. The van der Waals surface area contributed by atoms with Crippen molar-refractivity contribution in [1.29, 1.82) is 0 Å². The lowest BCUT2D eigenvalue weighted by Gasteiger charge is -2.47. The number of carboxylic acid groups (broad SMARTS) is 1. The van der Waals surface area contributed by atoms with Gasteiger partial charge in [0.15, 0.2) is 0 Å². The van der Waals surface area contributed by atoms with Gasteiger partial charge in [0.25, 0.3) is 0 Å². The third kappa shape index (κ3) is 3.62. The fourth-order valence-electron chi connectivity index (χ4n) is 2.71. The lowest BCUT2D eigenvalue weighted by molar-refractivity contribution is -0.137. The maximum Gasteiger partial charge on any atom is 0.323 e. The van der Waals surface area contributed by atoms with E-state index in [4.69, 9.17) is 5.11 Å². The van der Waals surface area contributed by atoms with Crippen LogP contribution in [0.3, 0.4) is 0 Å². The van der Waals surface area contributed by atoms with Crippen LogP contribution in [0.15, 0.2) is 0 Å². The summed E-state index contributed by atoms with van der Waals surface area (Å²) < 4.78 is 0. The molecule has 2 rings (SSSR count). The first-order valence-corrected chi connectivity index (χ1v) is 7.35. The van der Waals surface area contributed by atoms with Crippen molar-refractivity contribution >= 4 is 12.0 Å². The van der Waals surface area contributed by atoms with Gasteiger partial charge in [0.1, 0.15) is 6.54 Å². The first kappa shape index (κ1) is 15.1. The molecule has 2 saturated carbocycles. The van der Waals surface area contributed by atoms with Gasteiger partial charge in [0.2, 0.25) is 0 Å². The van der Waals surface area contributed by atoms with Gasteiger partial charge in [-0.05, 0) is 52.1 Å². The smallest absolute Gasteiger partial charge is 0.323 e. The van der Waals surface area contributed by atoms with E-state index in [1.165, 1.54) is 11.3 Å². The van der Waals surface area contributed by atoms with Gasteiger partial charge in [-0.15, -0.1) is 0 Å². The Bertz CT molecular complexity index is 376. The van der Waals surface area contributed by atoms with Crippen molar-refractivity contribution in [3.05, 3.63) is 0 Å². The molecule has 114 valence electrons. The van der Waals surface area contributed by atoms with E-state index in [0.29, 0.717) is 19.0 Å². The van der Waals surface area contributed by atoms with Crippen LogP contribution in [0.1, 0.15) is 32.1 Å². The number of amides is 2. The number of carbonyl (C=O) groups is 2. The highest BCUT2D eigenvalue weighted by Crippen LogP contribution is 2.35. The maximum atomic E-state index is 12.2. The average molecular weight is 283 g/mol. The van der Waals surface area contributed by atoms with Crippen LogP contribution >= 0.6 is 0 Å². The molecule has 0 aromatic rings. The summed E-state index contributed by atoms with van der Waals surface area (Å²) in [6.07, 6.45) is 5.56. The van der Waals surface area contributed by atoms with Gasteiger partial charge in [-0.25, -0.2) is 4.79 Å². The Balaban J connectivity index is 1.85. The van der Waals surface area contributed by atoms with Gasteiger partial charge in [-0.3, -0.25) is 4.79 Å². The standard InChI is InChI=1S/C14H25N3O3/c1-16(2)14(6-3-7-14)10-15-13(20)17(9-12(18)19)8-11-4-5-11/h11H,3-10H2,1-2H3,(H,15,20)(H,18,19). The molecule has 2 fully saturated rings. The number of hydrogen-bond acceptors (Lipinski definition) is 3. The molecule has 0 aliphatic heterocycles. The van der Waals surface area contributed by atoms with E-state index in [9.17, 15) is 9.59 Å². The van der Waals surface area contributed by atoms with Crippen LogP contribution in [0.4, 0.5) is 4.79 Å². The van der Waals surface area contributed by atoms with Crippen molar-refractivity contribution in [2.75, 3.05) is 33.7 Å². The van der Waals surface area contributed by atoms with Crippen LogP contribution < -0.4 is 5.32 Å². The molecule has 0 aromatic carbocycles. The predicted octanol–water partition coefficient (Wildman–Crippen LogP) is 0.977. The molecule has 6 heteroatoms. The Morgan fingerprint density at radius 2 is 1.95 bits per heavy atom. The van der Waals surface area contributed by atoms with Crippen molar-refractivity contribution < 1.29 is 14.7 Å². The fraction of sp³-hybridized carbons (Fsp3) is 0.857. The summed E-state index contributed by atoms with van der Waals surface area (Å²) in [5.74, 6) is -0.460. The predicted molar refractivity (Wildman–Crippen MR) is 75.6 cm³/mol. The highest BCUT2D eigenvalue weighted by Gasteiger charge is 2.39. The topological polar surface area (TPSA) is 72.9 Å². The molecule has 6 nitrogen and oxygen atoms in total. The van der Waals surface area contributed by atoms with Crippen molar-refractivity contribution in [2.24, 2.45) is 5.92 Å². The molecule has 0 unspecified atom stereocenters. The van der Waals surface area contributed by atoms with Crippen LogP contribution in [0.5, 0.6) is 0 Å². The van der Waals surface area contributed by atoms with E-state index in [2.05, 4.69) is 10.2 Å². The summed E-state index contributed by atoms with van der Waals surface area (Å²) in [6.45, 7) is 0.948. The first-order chi connectivity index (χ1) is 9.43. The normalized spacial score (nSPS) is 20.4. The largest absolute Gasteiger partial charge is 0.480 e. The molecule has 0 aromatic heterocycles. The molecule has 0 radical (unpaired) electrons. The van der Waals surface area contributed by atoms with E-state index in [0.717, 1.165) is 25.7 Å². The fourth-order valence-corrected chi connectivity index (χ4v) is 2.71. The number of carbonyl (C=O) groups excluding carboxylic acids is 1. The number of aliphatic carboxylic acids is 1. The highest BCUT2D eigenvalue weighted by molar-refractivity contribution is 5.80. The van der Waals surface area contributed by atoms with E-state index >= 15 is 0 Å². The number of rotatable bonds is 7. The number of hydrogen-bond donors (Lipinski definition) is 2. The van der Waals surface area contributed by atoms with Gasteiger partial charge in [-0.2, -0.15) is 0 Å². The zero-order valence-electron chi connectivity index (χ0n) is 12.4. The van der Waals surface area contributed by atoms with Gasteiger partial charge in [-0.1, -0.05) is 0 Å². The third-order valence-electron chi connectivity index (χ3n) is 4.59. The van der Waals surface area contributed by atoms with E-state index in [1.54, 1.807) is 0 Å². The Morgan fingerprint density at radius 3 is 2.35 bits per heavy atom. The molecule has 0 bridgehead atoms. The summed E-state index contributed by atoms with van der Waals surface area (Å²) in [7, 11) is 4.06. The number of urea groups is 1. The Labute approximate surface area is 120 Å². The number of nitrogens with one attached hydrogen (secondary N) is 1. The van der Waals surface area contributed by atoms with Crippen molar-refractivity contribution in [3.8, 4) is 0 Å². The number of likely N-dealkylation sites (N-methyl/N-ethyl adjacent to an activating group) is 1. The molecule has 20 heavy (non-hydrogen) atoms. The Morgan fingerprint density at radius 1 is 1.30 bits per heavy atom. The molecule has 2 aliphatic rings. The lowest BCUT2D eigenvalue weighted by atomic mass is 9.75. The summed E-state index contributed by atoms with van der Waals surface area (Å²) in [5.41, 5.74) is 0.0597. The molecule has 2 amide bonds. The Hall–Kier alpha value is -1.30. The number of carboxylic acids is 1. The second-order valence-corrected chi connectivity index (χ2v) is 6.35. The molecule has 0 spiro atoms. The van der Waals surface area contributed by atoms with Crippen LogP contribution in [0, 0.1) is 5.92 Å². The molecule has 0 heterocycles. The van der Waals surface area contributed by atoms with E-state index in [-0.39, 0.29) is 18.1 Å². The summed E-state index contributed by atoms with van der Waals surface area (Å²) in [4.78, 5) is 26.6. The minimum atomic E-state index is -0.952. The monoisotopic (exact) mass is 283 g/mol. The van der Waals surface area contributed by atoms with Gasteiger partial charge in [0.05, 0.1) is 0 Å². The highest BCUT2D eigenvalue weighted by atomic mass is 16.4. The molecular formula is C14H25N3O3. The summed E-state index contributed by atoms with van der Waals surface area (Å²) >= 11 is 0. The summed E-state index contributed by atoms with van der Waals surface area (Å²) in [5, 5.41) is 11.8. The van der Waals surface area contributed by atoms with E-state index in [1.807, 2.05) is 14.1 Å². The molecular weight excluding hydrogens is 258 g/mol. The van der Waals surface area contributed by atoms with Crippen molar-refractivity contribution in [2.45, 2.75) is 37.6 Å². The summed E-state index contributed by atoms with van der Waals surface area (Å²) in [6, 6.07) is -0.243. The molecule has 2 aliphatic carbocycles. The second-order valence-electron chi connectivity index (χ2n) is 6.35. The molecule has 0 saturated heterocycles. The van der Waals surface area contributed by atoms with Crippen LogP contribution in [-0.2, 0) is 4.79 Å². The zero-order valence-corrected chi connectivity index (χ0v) is 12.4. The third-order valence-corrected chi connectivity index (χ3v) is 4.59. The SMILES string of the molecule is CN(C)C1(CNC(=O)N(CC(=O)O)CC2CC2)CCC1. The van der Waals surface area contributed by atoms with Crippen LogP contribution in [-0.4, -0.2) is 66.2 Å². The second kappa shape index (κ2) is 5.99. The average Bonchev–Trinajstić information content (AvgIpc) is 3.09. The van der Waals surface area contributed by atoms with Crippen LogP contribution in [0.2, 0.25) is 0 Å². The van der Waals surface area contributed by atoms with E-state index < -0.39 is 5.97 Å². The van der Waals surface area contributed by atoms with Crippen molar-refractivity contribution in [1.82, 2.24) is 15.1 Å². The molecule has 2 N–H and O–H groups in total. The molecule has 0 atom stereocenters. The quantitative estimate of drug-likeness (QED) is 0.730. The van der Waals surface area contributed by atoms with Gasteiger partial charge >= 0.3 is 12.0 Å². The minimum absolute atomic E-state index is 0.0597. The van der Waals surface area contributed by atoms with Gasteiger partial charge in [0, 0.05) is 18.6 Å². The maximum absolute atomic E-state index is 12.2. The van der Waals surface area contributed by atoms with Gasteiger partial charge < -0.3 is 20.2 Å². The number of nitrogens with zero attached hydrogens (tertiary/aromatic N) is 2. The minimum Gasteiger partial charge on any atom is -0.480 e.